The van der Waals surface area contributed by atoms with E-state index in [2.05, 4.69) is 10.4 Å². The molecule has 0 unspecified atom stereocenters. The summed E-state index contributed by atoms with van der Waals surface area (Å²) in [6.07, 6.45) is 6.41. The predicted octanol–water partition coefficient (Wildman–Crippen LogP) is 2.79. The maximum absolute atomic E-state index is 12.4. The molecule has 1 heterocycles. The first-order valence-electron chi connectivity index (χ1n) is 7.86. The van der Waals surface area contributed by atoms with E-state index in [1.54, 1.807) is 16.8 Å². The van der Waals surface area contributed by atoms with Crippen molar-refractivity contribution < 1.29 is 14.7 Å². The molecule has 0 radical (unpaired) electrons. The maximum atomic E-state index is 12.4. The fraction of sp³-hybridized carbons (Fsp3) is 0.278. The molecular formula is C18H19N3O3. The number of nitrogens with zero attached hydrogens (tertiary/aromatic N) is 2. The molecule has 1 aromatic carbocycles. The first-order chi connectivity index (χ1) is 11.5. The van der Waals surface area contributed by atoms with Gasteiger partial charge in [0.2, 0.25) is 5.91 Å². The van der Waals surface area contributed by atoms with Gasteiger partial charge in [0.15, 0.2) is 0 Å². The molecule has 0 aliphatic heterocycles. The van der Waals surface area contributed by atoms with E-state index < -0.39 is 17.8 Å². The molecule has 0 saturated heterocycles. The van der Waals surface area contributed by atoms with Crippen molar-refractivity contribution in [2.45, 2.75) is 19.8 Å². The maximum Gasteiger partial charge on any atom is 0.307 e. The van der Waals surface area contributed by atoms with Crippen molar-refractivity contribution in [3.63, 3.8) is 0 Å². The smallest absolute Gasteiger partial charge is 0.307 e. The second-order valence-corrected chi connectivity index (χ2v) is 5.93. The lowest BCUT2D eigenvalue weighted by atomic mass is 9.82. The minimum Gasteiger partial charge on any atom is -0.481 e. The Bertz CT molecular complexity index is 777. The first kappa shape index (κ1) is 16.0. The molecule has 2 N–H and O–H groups in total. The van der Waals surface area contributed by atoms with Gasteiger partial charge in [-0.1, -0.05) is 12.2 Å². The highest BCUT2D eigenvalue weighted by Crippen LogP contribution is 2.27. The van der Waals surface area contributed by atoms with Crippen LogP contribution in [-0.4, -0.2) is 26.8 Å². The Hall–Kier alpha value is -2.89. The van der Waals surface area contributed by atoms with Crippen molar-refractivity contribution in [3.8, 4) is 5.69 Å². The third-order valence-electron chi connectivity index (χ3n) is 4.21. The molecule has 2 aromatic rings. The molecule has 0 saturated carbocycles. The van der Waals surface area contributed by atoms with Crippen LogP contribution in [0.15, 0.2) is 48.7 Å². The number of carbonyl (C=O) groups excluding carboxylic acids is 1. The summed E-state index contributed by atoms with van der Waals surface area (Å²) in [6, 6.07) is 9.21. The van der Waals surface area contributed by atoms with Crippen LogP contribution in [0.25, 0.3) is 5.69 Å². The van der Waals surface area contributed by atoms with Crippen molar-refractivity contribution in [3.05, 3.63) is 54.4 Å². The number of allylic oxidation sites excluding steroid dienone is 2. The number of benzene rings is 1. The number of nitrogens with one attached hydrogen (secondary N) is 1. The van der Waals surface area contributed by atoms with Crippen molar-refractivity contribution in [1.29, 1.82) is 0 Å². The number of anilines is 1. The Morgan fingerprint density at radius 2 is 1.79 bits per heavy atom. The zero-order chi connectivity index (χ0) is 17.1. The average molecular weight is 325 g/mol. The Morgan fingerprint density at radius 1 is 1.12 bits per heavy atom. The summed E-state index contributed by atoms with van der Waals surface area (Å²) in [5, 5.41) is 16.4. The summed E-state index contributed by atoms with van der Waals surface area (Å²) < 4.78 is 1.76. The summed E-state index contributed by atoms with van der Waals surface area (Å²) in [5.74, 6) is -2.39. The SMILES string of the molecule is Cc1ccn(-c2ccc(NC(=O)[C@@H]3CC=CC[C@@H]3C(=O)O)cc2)n1. The quantitative estimate of drug-likeness (QED) is 0.847. The number of aryl methyl sites for hydroxylation is 1. The lowest BCUT2D eigenvalue weighted by Crippen LogP contribution is -2.34. The minimum atomic E-state index is -0.927. The van der Waals surface area contributed by atoms with E-state index in [0.29, 0.717) is 18.5 Å². The second-order valence-electron chi connectivity index (χ2n) is 5.93. The van der Waals surface area contributed by atoms with Crippen LogP contribution in [0.4, 0.5) is 5.69 Å². The number of rotatable bonds is 4. The van der Waals surface area contributed by atoms with Crippen molar-refractivity contribution in [1.82, 2.24) is 9.78 Å². The summed E-state index contributed by atoms with van der Waals surface area (Å²) in [5.41, 5.74) is 2.47. The lowest BCUT2D eigenvalue weighted by Gasteiger charge is -2.24. The van der Waals surface area contributed by atoms with Gasteiger partial charge in [-0.15, -0.1) is 0 Å². The monoisotopic (exact) mass is 325 g/mol. The topological polar surface area (TPSA) is 84.2 Å². The van der Waals surface area contributed by atoms with Crippen LogP contribution in [0.5, 0.6) is 0 Å². The number of hydrogen-bond acceptors (Lipinski definition) is 3. The Morgan fingerprint density at radius 3 is 2.38 bits per heavy atom. The number of amides is 1. The molecule has 0 fully saturated rings. The fourth-order valence-corrected chi connectivity index (χ4v) is 2.87. The van der Waals surface area contributed by atoms with Crippen molar-refractivity contribution >= 4 is 17.6 Å². The van der Waals surface area contributed by atoms with Gasteiger partial charge >= 0.3 is 5.97 Å². The Kier molecular flexibility index (Phi) is 4.46. The zero-order valence-corrected chi connectivity index (χ0v) is 13.3. The van der Waals surface area contributed by atoms with Gasteiger partial charge in [0.1, 0.15) is 0 Å². The molecule has 3 rings (SSSR count). The van der Waals surface area contributed by atoms with Gasteiger partial charge in [0, 0.05) is 11.9 Å². The van der Waals surface area contributed by atoms with Gasteiger partial charge in [0.05, 0.1) is 23.2 Å². The third kappa shape index (κ3) is 3.37. The van der Waals surface area contributed by atoms with Gasteiger partial charge in [-0.3, -0.25) is 9.59 Å². The van der Waals surface area contributed by atoms with Crippen LogP contribution < -0.4 is 5.32 Å². The molecule has 1 amide bonds. The van der Waals surface area contributed by atoms with Gasteiger partial charge in [-0.25, -0.2) is 4.68 Å². The molecule has 2 atom stereocenters. The molecule has 0 bridgehead atoms. The standard InChI is InChI=1S/C18H19N3O3/c1-12-10-11-21(20-12)14-8-6-13(7-9-14)19-17(22)15-4-2-3-5-16(15)18(23)24/h2-3,6-11,15-16H,4-5H2,1H3,(H,19,22)(H,23,24)/t15-,16+/m1/s1. The largest absolute Gasteiger partial charge is 0.481 e. The summed E-state index contributed by atoms with van der Waals surface area (Å²) in [6.45, 7) is 1.92. The van der Waals surface area contributed by atoms with E-state index in [1.165, 1.54) is 0 Å². The van der Waals surface area contributed by atoms with Crippen LogP contribution in [0, 0.1) is 18.8 Å². The van der Waals surface area contributed by atoms with Crippen LogP contribution in [0.3, 0.4) is 0 Å². The second kappa shape index (κ2) is 6.70. The highest BCUT2D eigenvalue weighted by Gasteiger charge is 2.33. The lowest BCUT2D eigenvalue weighted by molar-refractivity contribution is -0.146. The summed E-state index contributed by atoms with van der Waals surface area (Å²) >= 11 is 0. The van der Waals surface area contributed by atoms with Crippen LogP contribution >= 0.6 is 0 Å². The number of carboxylic acid groups (broad SMARTS) is 1. The normalized spacial score (nSPS) is 19.9. The van der Waals surface area contributed by atoms with Crippen LogP contribution in [0.1, 0.15) is 18.5 Å². The number of aromatic nitrogens is 2. The molecule has 124 valence electrons. The van der Waals surface area contributed by atoms with Crippen molar-refractivity contribution in [2.75, 3.05) is 5.32 Å². The van der Waals surface area contributed by atoms with E-state index in [-0.39, 0.29) is 5.91 Å². The number of carbonyl (C=O) groups is 2. The molecule has 6 nitrogen and oxygen atoms in total. The van der Waals surface area contributed by atoms with Gasteiger partial charge in [-0.05, 0) is 50.1 Å². The van der Waals surface area contributed by atoms with E-state index in [4.69, 9.17) is 0 Å². The average Bonchev–Trinajstić information content (AvgIpc) is 3.02. The van der Waals surface area contributed by atoms with Gasteiger partial charge < -0.3 is 10.4 Å². The number of aliphatic carboxylic acids is 1. The molecule has 6 heteroatoms. The van der Waals surface area contributed by atoms with E-state index in [1.807, 2.05) is 43.5 Å². The number of carboxylic acids is 1. The highest BCUT2D eigenvalue weighted by atomic mass is 16.4. The molecule has 1 aliphatic rings. The van der Waals surface area contributed by atoms with Crippen LogP contribution in [-0.2, 0) is 9.59 Å². The molecule has 1 aliphatic carbocycles. The molecular weight excluding hydrogens is 306 g/mol. The molecule has 0 spiro atoms. The first-order valence-corrected chi connectivity index (χ1v) is 7.86. The highest BCUT2D eigenvalue weighted by molar-refractivity contribution is 5.95. The Labute approximate surface area is 139 Å². The van der Waals surface area contributed by atoms with Gasteiger partial charge in [0.25, 0.3) is 0 Å². The van der Waals surface area contributed by atoms with Gasteiger partial charge in [-0.2, -0.15) is 5.10 Å². The summed E-state index contributed by atoms with van der Waals surface area (Å²) in [7, 11) is 0. The summed E-state index contributed by atoms with van der Waals surface area (Å²) in [4.78, 5) is 23.7. The molecule has 24 heavy (non-hydrogen) atoms. The van der Waals surface area contributed by atoms with Crippen molar-refractivity contribution in [2.24, 2.45) is 11.8 Å². The third-order valence-corrected chi connectivity index (χ3v) is 4.21. The fourth-order valence-electron chi connectivity index (χ4n) is 2.87. The van der Waals surface area contributed by atoms with E-state index in [9.17, 15) is 14.7 Å². The number of hydrogen-bond donors (Lipinski definition) is 2. The minimum absolute atomic E-state index is 0.255. The van der Waals surface area contributed by atoms with E-state index >= 15 is 0 Å². The molecule has 1 aromatic heterocycles. The van der Waals surface area contributed by atoms with E-state index in [0.717, 1.165) is 11.4 Å². The predicted molar refractivity (Wildman–Crippen MR) is 89.9 cm³/mol. The Balaban J connectivity index is 1.70. The zero-order valence-electron chi connectivity index (χ0n) is 13.3. The van der Waals surface area contributed by atoms with Crippen LogP contribution in [0.2, 0.25) is 0 Å².